The van der Waals surface area contributed by atoms with Gasteiger partial charge in [-0.2, -0.15) is 0 Å². The number of halogens is 3. The van der Waals surface area contributed by atoms with Crippen LogP contribution in [0, 0.1) is 11.2 Å². The molecule has 1 rings (SSSR count). The van der Waals surface area contributed by atoms with E-state index in [-0.39, 0.29) is 0 Å². The predicted octanol–water partition coefficient (Wildman–Crippen LogP) is 1.87. The van der Waals surface area contributed by atoms with Crippen LogP contribution in [0.2, 0.25) is 0 Å². The van der Waals surface area contributed by atoms with E-state index >= 15 is 0 Å². The summed E-state index contributed by atoms with van der Waals surface area (Å²) in [6, 6.07) is 0. The summed E-state index contributed by atoms with van der Waals surface area (Å²) in [6.45, 7) is 0. The molecule has 0 radical (unpaired) electrons. The molecule has 6 heteroatoms. The molecule has 0 bridgehead atoms. The summed E-state index contributed by atoms with van der Waals surface area (Å²) in [5.74, 6) is 0. The summed E-state index contributed by atoms with van der Waals surface area (Å²) < 4.78 is 2.38. The van der Waals surface area contributed by atoms with Gasteiger partial charge in [-0.3, -0.25) is 0 Å². The Morgan fingerprint density at radius 3 is 1.80 bits per heavy atom. The van der Waals surface area contributed by atoms with Crippen molar-refractivity contribution < 1.29 is 0 Å². The Morgan fingerprint density at radius 1 is 1.00 bits per heavy atom. The molecule has 1 aromatic rings. The van der Waals surface area contributed by atoms with Crippen molar-refractivity contribution in [2.75, 3.05) is 5.73 Å². The van der Waals surface area contributed by atoms with Gasteiger partial charge >= 0.3 is 0 Å². The number of anilines is 1. The Hall–Kier alpha value is 1.07. The molecule has 3 nitrogen and oxygen atoms in total. The van der Waals surface area contributed by atoms with Crippen LogP contribution in [0.4, 0.5) is 5.69 Å². The van der Waals surface area contributed by atoms with Gasteiger partial charge in [-0.25, -0.2) is 9.97 Å². The van der Waals surface area contributed by atoms with Crippen molar-refractivity contribution in [3.05, 3.63) is 11.2 Å². The number of aromatic nitrogens is 2. The summed E-state index contributed by atoms with van der Waals surface area (Å²) in [7, 11) is 0. The summed E-state index contributed by atoms with van der Waals surface area (Å²) in [5.41, 5.74) is 6.28. The first-order valence-corrected chi connectivity index (χ1v) is 5.49. The minimum Gasteiger partial charge on any atom is -0.394 e. The van der Waals surface area contributed by atoms with Crippen molar-refractivity contribution >= 4 is 73.5 Å². The number of nitrogens with zero attached hydrogens (tertiary/aromatic N) is 2. The van der Waals surface area contributed by atoms with Gasteiger partial charge in [-0.1, -0.05) is 0 Å². The van der Waals surface area contributed by atoms with E-state index in [1.165, 1.54) is 0 Å². The zero-order chi connectivity index (χ0) is 7.72. The first kappa shape index (κ1) is 9.16. The molecule has 0 saturated carbocycles. The summed E-state index contributed by atoms with van der Waals surface area (Å²) in [5, 5.41) is 0. The fourth-order valence-electron chi connectivity index (χ4n) is 0.393. The molecule has 0 aliphatic rings. The van der Waals surface area contributed by atoms with Crippen molar-refractivity contribution in [3.8, 4) is 0 Å². The molecular formula is C4H2I3N3. The van der Waals surface area contributed by atoms with E-state index in [2.05, 4.69) is 77.7 Å². The standard InChI is InChI=1S/C4H2I3N3/c5-2-1(8)3(6)10-4(7)9-2/h8H2. The molecule has 0 fully saturated rings. The second-order valence-electron chi connectivity index (χ2n) is 1.49. The third-order valence-electron chi connectivity index (χ3n) is 0.825. The van der Waals surface area contributed by atoms with Gasteiger partial charge in [0.15, 0.2) is 3.83 Å². The molecular weight excluding hydrogens is 471 g/mol. The first-order valence-electron chi connectivity index (χ1n) is 2.25. The molecule has 1 heterocycles. The van der Waals surface area contributed by atoms with Crippen LogP contribution in [-0.4, -0.2) is 9.97 Å². The zero-order valence-corrected chi connectivity index (χ0v) is 11.1. The molecule has 0 spiro atoms. The van der Waals surface area contributed by atoms with E-state index in [1.807, 2.05) is 0 Å². The number of hydrogen-bond acceptors (Lipinski definition) is 3. The lowest BCUT2D eigenvalue weighted by Gasteiger charge is -1.98. The van der Waals surface area contributed by atoms with Crippen LogP contribution >= 0.6 is 67.8 Å². The molecule has 0 amide bonds. The van der Waals surface area contributed by atoms with Crippen molar-refractivity contribution in [3.63, 3.8) is 0 Å². The van der Waals surface area contributed by atoms with Crippen LogP contribution in [0.1, 0.15) is 0 Å². The highest BCUT2D eigenvalue weighted by atomic mass is 127. The topological polar surface area (TPSA) is 51.8 Å². The largest absolute Gasteiger partial charge is 0.394 e. The van der Waals surface area contributed by atoms with Gasteiger partial charge in [-0.15, -0.1) is 0 Å². The van der Waals surface area contributed by atoms with Crippen LogP contribution in [0.3, 0.4) is 0 Å². The van der Waals surface area contributed by atoms with Gasteiger partial charge in [0, 0.05) is 22.6 Å². The lowest BCUT2D eigenvalue weighted by molar-refractivity contribution is 1.06. The predicted molar refractivity (Wildman–Crippen MR) is 64.6 cm³/mol. The molecule has 2 N–H and O–H groups in total. The third-order valence-corrected chi connectivity index (χ3v) is 2.95. The fraction of sp³-hybridized carbons (Fsp3) is 0. The highest BCUT2D eigenvalue weighted by molar-refractivity contribution is 14.1. The van der Waals surface area contributed by atoms with E-state index in [4.69, 9.17) is 5.73 Å². The van der Waals surface area contributed by atoms with E-state index in [1.54, 1.807) is 0 Å². The average Bonchev–Trinajstić information content (AvgIpc) is 1.82. The van der Waals surface area contributed by atoms with Crippen molar-refractivity contribution in [1.82, 2.24) is 9.97 Å². The Labute approximate surface area is 99.0 Å². The Morgan fingerprint density at radius 2 is 1.40 bits per heavy atom. The Bertz CT molecular complexity index is 239. The number of hydrogen-bond donors (Lipinski definition) is 1. The van der Waals surface area contributed by atoms with Crippen LogP contribution in [-0.2, 0) is 0 Å². The minimum absolute atomic E-state index is 0.668. The van der Waals surface area contributed by atoms with Gasteiger partial charge in [0.2, 0.25) is 0 Å². The van der Waals surface area contributed by atoms with Gasteiger partial charge in [0.1, 0.15) is 7.40 Å². The maximum atomic E-state index is 5.61. The molecule has 0 aliphatic carbocycles. The lowest BCUT2D eigenvalue weighted by Crippen LogP contribution is -2.01. The maximum absolute atomic E-state index is 5.61. The van der Waals surface area contributed by atoms with Crippen LogP contribution < -0.4 is 5.73 Å². The summed E-state index contributed by atoms with van der Waals surface area (Å²) in [6.07, 6.45) is 0. The summed E-state index contributed by atoms with van der Waals surface area (Å²) in [4.78, 5) is 8.13. The van der Waals surface area contributed by atoms with Crippen LogP contribution in [0.25, 0.3) is 0 Å². The smallest absolute Gasteiger partial charge is 0.192 e. The molecule has 0 atom stereocenters. The minimum atomic E-state index is 0.668. The van der Waals surface area contributed by atoms with Crippen molar-refractivity contribution in [1.29, 1.82) is 0 Å². The molecule has 1 aromatic heterocycles. The van der Waals surface area contributed by atoms with Gasteiger partial charge < -0.3 is 5.73 Å². The van der Waals surface area contributed by atoms with Crippen molar-refractivity contribution in [2.24, 2.45) is 0 Å². The average molecular weight is 473 g/mol. The molecule has 0 aromatic carbocycles. The lowest BCUT2D eigenvalue weighted by atomic mass is 10.6. The van der Waals surface area contributed by atoms with Gasteiger partial charge in [0.25, 0.3) is 0 Å². The molecule has 0 saturated heterocycles. The second kappa shape index (κ2) is 3.65. The van der Waals surface area contributed by atoms with Crippen LogP contribution in [0.5, 0.6) is 0 Å². The highest BCUT2D eigenvalue weighted by Gasteiger charge is 2.03. The third kappa shape index (κ3) is 2.03. The first-order chi connectivity index (χ1) is 4.61. The maximum Gasteiger partial charge on any atom is 0.192 e. The van der Waals surface area contributed by atoms with E-state index in [0.717, 1.165) is 11.2 Å². The van der Waals surface area contributed by atoms with Gasteiger partial charge in [-0.05, 0) is 45.2 Å². The SMILES string of the molecule is Nc1c(I)nc(I)nc1I. The number of nitrogen functional groups attached to an aromatic ring is 1. The Kier molecular flexibility index (Phi) is 3.34. The summed E-state index contributed by atoms with van der Waals surface area (Å²) >= 11 is 6.24. The quantitative estimate of drug-likeness (QED) is 0.356. The molecule has 0 aliphatic heterocycles. The van der Waals surface area contributed by atoms with E-state index in [9.17, 15) is 0 Å². The van der Waals surface area contributed by atoms with Crippen molar-refractivity contribution in [2.45, 2.75) is 0 Å². The number of nitrogens with two attached hydrogens (primary N) is 1. The number of rotatable bonds is 0. The monoisotopic (exact) mass is 473 g/mol. The highest BCUT2D eigenvalue weighted by Crippen LogP contribution is 2.18. The van der Waals surface area contributed by atoms with E-state index < -0.39 is 0 Å². The van der Waals surface area contributed by atoms with Gasteiger partial charge in [0.05, 0.1) is 5.69 Å². The van der Waals surface area contributed by atoms with Crippen LogP contribution in [0.15, 0.2) is 0 Å². The molecule has 54 valence electrons. The molecule has 10 heavy (non-hydrogen) atoms. The normalized spacial score (nSPS) is 9.90. The second-order valence-corrected chi connectivity index (χ2v) is 4.50. The Balaban J connectivity index is 3.31. The zero-order valence-electron chi connectivity index (χ0n) is 4.61. The van der Waals surface area contributed by atoms with E-state index in [0.29, 0.717) is 5.69 Å². The fourth-order valence-corrected chi connectivity index (χ4v) is 3.28. The molecule has 0 unspecified atom stereocenters.